The van der Waals surface area contributed by atoms with Crippen LogP contribution in [0.2, 0.25) is 0 Å². The summed E-state index contributed by atoms with van der Waals surface area (Å²) in [6, 6.07) is -2.64. The molecular formula is C8H8N5NaO6S. The zero-order valence-corrected chi connectivity index (χ0v) is 13.6. The average Bonchev–Trinajstić information content (AvgIpc) is 2.84. The monoisotopic (exact) mass is 325 g/mol. The molecule has 2 aliphatic heterocycles. The van der Waals surface area contributed by atoms with Crippen molar-refractivity contribution in [3.8, 4) is 0 Å². The number of carbonyl (C=O) groups is 2. The van der Waals surface area contributed by atoms with E-state index in [2.05, 4.69) is 9.38 Å². The Kier molecular flexibility index (Phi) is 4.03. The molecule has 11 nitrogen and oxygen atoms in total. The third-order valence-electron chi connectivity index (χ3n) is 3.10. The number of urea groups is 1. The van der Waals surface area contributed by atoms with Crippen LogP contribution < -0.4 is 29.6 Å². The Balaban J connectivity index is 0.00000161. The predicted molar refractivity (Wildman–Crippen MR) is 60.4 cm³/mol. The molecule has 0 spiro atoms. The first-order chi connectivity index (χ1) is 9.28. The smallest absolute Gasteiger partial charge is 0.446 e. The number of fused-ring (bicyclic) bond motifs is 4. The fraction of sp³-hybridized carbons (Fsp3) is 0.375. The van der Waals surface area contributed by atoms with E-state index in [0.717, 1.165) is 4.68 Å². The number of carbonyl (C=O) groups excluding carboxylic acids is 2. The molecule has 21 heavy (non-hydrogen) atoms. The van der Waals surface area contributed by atoms with Gasteiger partial charge in [-0.3, -0.25) is 14.4 Å². The Hall–Kier alpha value is -1.18. The molecule has 3 heterocycles. The summed E-state index contributed by atoms with van der Waals surface area (Å²) in [6.45, 7) is 0.139. The van der Waals surface area contributed by atoms with Crippen molar-refractivity contribution >= 4 is 22.5 Å². The van der Waals surface area contributed by atoms with Gasteiger partial charge in [-0.2, -0.15) is 13.5 Å². The summed E-state index contributed by atoms with van der Waals surface area (Å²) < 4.78 is 35.3. The summed E-state index contributed by atoms with van der Waals surface area (Å²) in [5, 5.41) is 4.24. The van der Waals surface area contributed by atoms with Crippen LogP contribution in [0.3, 0.4) is 0 Å². The molecular weight excluding hydrogens is 317 g/mol. The summed E-state index contributed by atoms with van der Waals surface area (Å²) in [5.41, 5.74) is 7.76. The van der Waals surface area contributed by atoms with Crippen LogP contribution in [0.4, 0.5) is 9.59 Å². The van der Waals surface area contributed by atoms with Gasteiger partial charge in [0, 0.05) is 12.7 Å². The largest absolute Gasteiger partial charge is 1.00 e. The molecule has 1 unspecified atom stereocenters. The third kappa shape index (κ3) is 2.65. The van der Waals surface area contributed by atoms with Crippen molar-refractivity contribution in [2.45, 2.75) is 12.6 Å². The van der Waals surface area contributed by atoms with Crippen LogP contribution in [0, 0.1) is 0 Å². The van der Waals surface area contributed by atoms with E-state index in [1.165, 1.54) is 11.1 Å². The van der Waals surface area contributed by atoms with Crippen molar-refractivity contribution < 1.29 is 56.4 Å². The molecule has 3 rings (SSSR count). The van der Waals surface area contributed by atoms with Crippen molar-refractivity contribution in [1.29, 1.82) is 0 Å². The molecule has 108 valence electrons. The van der Waals surface area contributed by atoms with Gasteiger partial charge in [0.1, 0.15) is 6.04 Å². The molecule has 0 saturated carbocycles. The van der Waals surface area contributed by atoms with E-state index in [1.54, 1.807) is 0 Å². The Morgan fingerprint density at radius 1 is 1.52 bits per heavy atom. The van der Waals surface area contributed by atoms with E-state index in [0.29, 0.717) is 16.3 Å². The first kappa shape index (κ1) is 16.2. The maximum atomic E-state index is 11.9. The third-order valence-corrected chi connectivity index (χ3v) is 3.45. The van der Waals surface area contributed by atoms with Crippen molar-refractivity contribution in [3.63, 3.8) is 0 Å². The normalized spacial score (nSPS) is 20.2. The second-order valence-corrected chi connectivity index (χ2v) is 5.28. The molecule has 0 aromatic carbocycles. The first-order valence-corrected chi connectivity index (χ1v) is 6.72. The Morgan fingerprint density at radius 3 is 2.76 bits per heavy atom. The summed E-state index contributed by atoms with van der Waals surface area (Å²) in [5.74, 6) is 0. The second-order valence-electron chi connectivity index (χ2n) is 4.27. The summed E-state index contributed by atoms with van der Waals surface area (Å²) >= 11 is 0. The average molecular weight is 325 g/mol. The molecule has 1 aromatic rings. The van der Waals surface area contributed by atoms with E-state index >= 15 is 0 Å². The van der Waals surface area contributed by atoms with Crippen molar-refractivity contribution in [2.24, 2.45) is 0 Å². The summed E-state index contributed by atoms with van der Waals surface area (Å²) in [6.07, 6.45) is 1.27. The molecule has 0 aliphatic carbocycles. The summed E-state index contributed by atoms with van der Waals surface area (Å²) in [7, 11) is -4.84. The van der Waals surface area contributed by atoms with Crippen LogP contribution in [0.5, 0.6) is 0 Å². The molecule has 3 amide bonds. The zero-order valence-electron chi connectivity index (χ0n) is 10.8. The van der Waals surface area contributed by atoms with Crippen molar-refractivity contribution in [3.05, 3.63) is 23.2 Å². The van der Waals surface area contributed by atoms with Crippen LogP contribution in [0.25, 0.3) is 5.73 Å². The van der Waals surface area contributed by atoms with Gasteiger partial charge in [0.15, 0.2) is 6.03 Å². The van der Waals surface area contributed by atoms with E-state index in [-0.39, 0.29) is 42.6 Å². The second kappa shape index (κ2) is 5.23. The Labute approximate surface area is 140 Å². The van der Waals surface area contributed by atoms with Gasteiger partial charge in [0.05, 0.1) is 6.54 Å². The minimum atomic E-state index is -4.84. The van der Waals surface area contributed by atoms with E-state index in [1.807, 2.05) is 0 Å². The molecule has 1 aromatic heterocycles. The molecule has 2 bridgehead atoms. The van der Waals surface area contributed by atoms with Gasteiger partial charge in [0.25, 0.3) is 0 Å². The number of aromatic nitrogens is 2. The summed E-state index contributed by atoms with van der Waals surface area (Å²) in [4.78, 5) is 24.2. The fourth-order valence-corrected chi connectivity index (χ4v) is 2.73. The molecule has 13 heteroatoms. The van der Waals surface area contributed by atoms with Crippen LogP contribution in [0.15, 0.2) is 6.20 Å². The van der Waals surface area contributed by atoms with Gasteiger partial charge >= 0.3 is 46.0 Å². The van der Waals surface area contributed by atoms with Gasteiger partial charge in [0.2, 0.25) is 0 Å². The number of rotatable bonds is 2. The number of hydrogen-bond acceptors (Lipinski definition) is 6. The Morgan fingerprint density at radius 2 is 2.19 bits per heavy atom. The minimum Gasteiger partial charge on any atom is -0.446 e. The number of hydrogen-bond donors (Lipinski definition) is 1. The molecule has 2 aliphatic rings. The van der Waals surface area contributed by atoms with Crippen LogP contribution in [-0.4, -0.2) is 51.3 Å². The van der Waals surface area contributed by atoms with Gasteiger partial charge in [-0.05, 0) is 11.3 Å². The predicted octanol–water partition coefficient (Wildman–Crippen LogP) is -3.07. The number of hydroxylamine groups is 2. The first-order valence-electron chi connectivity index (χ1n) is 5.36. The number of amides is 3. The van der Waals surface area contributed by atoms with Crippen molar-refractivity contribution in [1.82, 2.24) is 19.7 Å². The minimum absolute atomic E-state index is 0. The van der Waals surface area contributed by atoms with Gasteiger partial charge in [-0.1, -0.05) is 0 Å². The molecule has 1 saturated heterocycles. The number of nitrogens with zero attached hydrogens (tertiary/aromatic N) is 4. The standard InChI is InChI=1S/C8H9N5O6S.Na/c9-7(14)12-5-2-11-3-6(4(5)1-10-12)13(8(11)15)19-20(16,17)18;/h1,6H,2-3H2,(H3,9,14,16,17,18);/q;+1/p-1. The van der Waals surface area contributed by atoms with Gasteiger partial charge in [-0.25, -0.2) is 4.79 Å². The van der Waals surface area contributed by atoms with E-state index in [9.17, 15) is 18.0 Å². The fourth-order valence-electron chi connectivity index (χ4n) is 2.35. The van der Waals surface area contributed by atoms with Crippen LogP contribution >= 0.6 is 0 Å². The van der Waals surface area contributed by atoms with Crippen molar-refractivity contribution in [2.75, 3.05) is 6.54 Å². The molecule has 2 N–H and O–H groups in total. The topological polar surface area (TPSA) is 146 Å². The molecule has 1 fully saturated rings. The van der Waals surface area contributed by atoms with Crippen LogP contribution in [0.1, 0.15) is 17.3 Å². The molecule has 0 radical (unpaired) electrons. The zero-order chi connectivity index (χ0) is 14.7. The Bertz CT molecular complexity index is 717. The number of nitrogens with one attached hydrogen (secondary N) is 1. The molecule has 1 atom stereocenters. The SMILES string of the molecule is [NH-]C(=O)n1ncc2c1CN1CC2N(OS(=O)(=O)O)C1=O.[Na+]. The maximum absolute atomic E-state index is 11.9. The quantitative estimate of drug-likeness (QED) is 0.448. The van der Waals surface area contributed by atoms with Gasteiger partial charge < -0.3 is 15.3 Å². The van der Waals surface area contributed by atoms with Crippen LogP contribution in [-0.2, 0) is 21.2 Å². The van der Waals surface area contributed by atoms with E-state index in [4.69, 9.17) is 10.3 Å². The van der Waals surface area contributed by atoms with E-state index < -0.39 is 28.5 Å². The van der Waals surface area contributed by atoms with Gasteiger partial charge in [-0.15, -0.1) is 4.28 Å². The maximum Gasteiger partial charge on any atom is 1.00 e.